The molecule has 7 nitrogen and oxygen atoms in total. The summed E-state index contributed by atoms with van der Waals surface area (Å²) in [5.41, 5.74) is -0.303. The van der Waals surface area contributed by atoms with Gasteiger partial charge in [-0.3, -0.25) is 14.3 Å². The summed E-state index contributed by atoms with van der Waals surface area (Å²) in [6.07, 6.45) is 12.1. The van der Waals surface area contributed by atoms with E-state index in [9.17, 15) is 9.59 Å². The molecule has 1 saturated carbocycles. The molecule has 0 bridgehead atoms. The normalized spacial score (nSPS) is 27.0. The molecule has 1 aromatic heterocycles. The molecule has 1 aromatic rings. The molecule has 0 radical (unpaired) electrons. The van der Waals surface area contributed by atoms with Gasteiger partial charge in [-0.1, -0.05) is 12.8 Å². The number of amides is 2. The Balaban J connectivity index is 1.32. The molecule has 0 N–H and O–H groups in total. The fraction of sp³-hybridized carbons (Fsp3) is 0.789. The second-order valence-electron chi connectivity index (χ2n) is 8.15. The van der Waals surface area contributed by atoms with Crippen molar-refractivity contribution < 1.29 is 9.59 Å². The van der Waals surface area contributed by atoms with Crippen LogP contribution in [0, 0.1) is 5.41 Å². The predicted octanol–water partition coefficient (Wildman–Crippen LogP) is 1.84. The SMILES string of the molecule is O=C(CCCn1cncn1)N1CC[C@]2(CCCN(C3CCCC3)C2=O)C1. The smallest absolute Gasteiger partial charge is 0.230 e. The highest BCUT2D eigenvalue weighted by molar-refractivity contribution is 5.86. The molecule has 0 aromatic carbocycles. The maximum atomic E-state index is 13.2. The standard InChI is InChI=1S/C19H29N5O2/c25-17(7-3-10-23-15-20-14-21-23)22-12-9-19(13-22)8-4-11-24(18(19)26)16-5-1-2-6-16/h14-16H,1-13H2/t19-/m1/s1. The predicted molar refractivity (Wildman–Crippen MR) is 96.1 cm³/mol. The molecule has 3 fully saturated rings. The van der Waals surface area contributed by atoms with Crippen LogP contribution < -0.4 is 0 Å². The van der Waals surface area contributed by atoms with Crippen molar-refractivity contribution in [2.24, 2.45) is 5.41 Å². The van der Waals surface area contributed by atoms with E-state index in [0.717, 1.165) is 51.6 Å². The third-order valence-corrected chi connectivity index (χ3v) is 6.49. The third kappa shape index (κ3) is 3.35. The van der Waals surface area contributed by atoms with Crippen LogP contribution in [0.2, 0.25) is 0 Å². The Morgan fingerprint density at radius 2 is 2.04 bits per heavy atom. The van der Waals surface area contributed by atoms with Crippen LogP contribution in [-0.2, 0) is 16.1 Å². The first-order chi connectivity index (χ1) is 12.7. The highest BCUT2D eigenvalue weighted by atomic mass is 16.2. The molecule has 2 aliphatic heterocycles. The van der Waals surface area contributed by atoms with E-state index in [1.54, 1.807) is 11.0 Å². The van der Waals surface area contributed by atoms with Gasteiger partial charge in [0.05, 0.1) is 5.41 Å². The van der Waals surface area contributed by atoms with E-state index in [0.29, 0.717) is 31.5 Å². The molecule has 26 heavy (non-hydrogen) atoms. The van der Waals surface area contributed by atoms with Crippen LogP contribution in [0.3, 0.4) is 0 Å². The van der Waals surface area contributed by atoms with Crippen LogP contribution in [0.5, 0.6) is 0 Å². The Kier molecular flexibility index (Phi) is 4.96. The second-order valence-corrected chi connectivity index (χ2v) is 8.15. The molecule has 142 valence electrons. The van der Waals surface area contributed by atoms with Gasteiger partial charge in [0, 0.05) is 38.6 Å². The largest absolute Gasteiger partial charge is 0.342 e. The molecular weight excluding hydrogens is 330 g/mol. The van der Waals surface area contributed by atoms with E-state index >= 15 is 0 Å². The molecule has 3 aliphatic rings. The molecule has 1 spiro atoms. The lowest BCUT2D eigenvalue weighted by atomic mass is 9.77. The molecular formula is C19H29N5O2. The average molecular weight is 359 g/mol. The van der Waals surface area contributed by atoms with Crippen LogP contribution >= 0.6 is 0 Å². The number of aryl methyl sites for hydroxylation is 1. The van der Waals surface area contributed by atoms with Gasteiger partial charge in [-0.2, -0.15) is 5.10 Å². The quantitative estimate of drug-likeness (QED) is 0.804. The first-order valence-electron chi connectivity index (χ1n) is 10.1. The van der Waals surface area contributed by atoms with Crippen LogP contribution in [0.25, 0.3) is 0 Å². The maximum Gasteiger partial charge on any atom is 0.230 e. The van der Waals surface area contributed by atoms with E-state index in [1.165, 1.54) is 19.2 Å². The Morgan fingerprint density at radius 3 is 2.81 bits per heavy atom. The summed E-state index contributed by atoms with van der Waals surface area (Å²) in [5, 5.41) is 4.07. The van der Waals surface area contributed by atoms with Gasteiger partial charge in [-0.25, -0.2) is 4.98 Å². The monoisotopic (exact) mass is 359 g/mol. The van der Waals surface area contributed by atoms with Crippen LogP contribution in [-0.4, -0.2) is 62.1 Å². The van der Waals surface area contributed by atoms with Crippen LogP contribution in [0.15, 0.2) is 12.7 Å². The molecule has 3 heterocycles. The Morgan fingerprint density at radius 1 is 1.19 bits per heavy atom. The number of carbonyl (C=O) groups is 2. The lowest BCUT2D eigenvalue weighted by Gasteiger charge is -2.42. The van der Waals surface area contributed by atoms with Gasteiger partial charge in [0.1, 0.15) is 12.7 Å². The zero-order chi connectivity index (χ0) is 18.0. The minimum Gasteiger partial charge on any atom is -0.342 e. The van der Waals surface area contributed by atoms with Crippen molar-refractivity contribution in [3.63, 3.8) is 0 Å². The fourth-order valence-electron chi connectivity index (χ4n) is 5.03. The van der Waals surface area contributed by atoms with Crippen molar-refractivity contribution >= 4 is 11.8 Å². The lowest BCUT2D eigenvalue weighted by Crippen LogP contribution is -2.53. The van der Waals surface area contributed by atoms with Gasteiger partial charge in [0.15, 0.2) is 0 Å². The van der Waals surface area contributed by atoms with Crippen molar-refractivity contribution in [2.45, 2.75) is 70.4 Å². The average Bonchev–Trinajstić information content (AvgIpc) is 3.39. The Bertz CT molecular complexity index is 640. The molecule has 4 rings (SSSR count). The summed E-state index contributed by atoms with van der Waals surface area (Å²) >= 11 is 0. The summed E-state index contributed by atoms with van der Waals surface area (Å²) in [4.78, 5) is 33.9. The summed E-state index contributed by atoms with van der Waals surface area (Å²) in [5.74, 6) is 0.501. The highest BCUT2D eigenvalue weighted by Gasteiger charge is 2.50. The van der Waals surface area contributed by atoms with E-state index in [2.05, 4.69) is 15.0 Å². The van der Waals surface area contributed by atoms with Crippen molar-refractivity contribution in [3.8, 4) is 0 Å². The fourth-order valence-corrected chi connectivity index (χ4v) is 5.03. The first-order valence-corrected chi connectivity index (χ1v) is 10.1. The molecule has 7 heteroatoms. The Hall–Kier alpha value is -1.92. The zero-order valence-corrected chi connectivity index (χ0v) is 15.5. The van der Waals surface area contributed by atoms with E-state index < -0.39 is 0 Å². The molecule has 2 amide bonds. The number of aromatic nitrogens is 3. The topological polar surface area (TPSA) is 71.3 Å². The number of nitrogens with zero attached hydrogens (tertiary/aromatic N) is 5. The van der Waals surface area contributed by atoms with Gasteiger partial charge < -0.3 is 9.80 Å². The van der Waals surface area contributed by atoms with Gasteiger partial charge in [-0.15, -0.1) is 0 Å². The van der Waals surface area contributed by atoms with E-state index in [-0.39, 0.29) is 11.3 Å². The van der Waals surface area contributed by atoms with E-state index in [1.807, 2.05) is 4.90 Å². The minimum absolute atomic E-state index is 0.174. The molecule has 2 saturated heterocycles. The van der Waals surface area contributed by atoms with Crippen LogP contribution in [0.1, 0.15) is 57.8 Å². The number of hydrogen-bond acceptors (Lipinski definition) is 4. The van der Waals surface area contributed by atoms with Crippen molar-refractivity contribution in [1.82, 2.24) is 24.6 Å². The molecule has 1 atom stereocenters. The number of piperidine rings is 1. The van der Waals surface area contributed by atoms with E-state index in [4.69, 9.17) is 0 Å². The number of hydrogen-bond donors (Lipinski definition) is 0. The van der Waals surface area contributed by atoms with Gasteiger partial charge in [-0.05, 0) is 38.5 Å². The third-order valence-electron chi connectivity index (χ3n) is 6.49. The summed E-state index contributed by atoms with van der Waals surface area (Å²) in [6, 6.07) is 0.451. The second kappa shape index (κ2) is 7.37. The first kappa shape index (κ1) is 17.5. The maximum absolute atomic E-state index is 13.2. The molecule has 1 aliphatic carbocycles. The molecule has 0 unspecified atom stereocenters. The van der Waals surface area contributed by atoms with Crippen molar-refractivity contribution in [2.75, 3.05) is 19.6 Å². The summed E-state index contributed by atoms with van der Waals surface area (Å²) in [6.45, 7) is 2.97. The van der Waals surface area contributed by atoms with Crippen molar-refractivity contribution in [1.29, 1.82) is 0 Å². The highest BCUT2D eigenvalue weighted by Crippen LogP contribution is 2.42. The Labute approximate surface area is 154 Å². The lowest BCUT2D eigenvalue weighted by molar-refractivity contribution is -0.148. The van der Waals surface area contributed by atoms with Gasteiger partial charge in [0.2, 0.25) is 11.8 Å². The summed E-state index contributed by atoms with van der Waals surface area (Å²) < 4.78 is 1.75. The van der Waals surface area contributed by atoms with Gasteiger partial charge >= 0.3 is 0 Å². The summed E-state index contributed by atoms with van der Waals surface area (Å²) in [7, 11) is 0. The van der Waals surface area contributed by atoms with Gasteiger partial charge in [0.25, 0.3) is 0 Å². The van der Waals surface area contributed by atoms with Crippen molar-refractivity contribution in [3.05, 3.63) is 12.7 Å². The number of carbonyl (C=O) groups excluding carboxylic acids is 2. The number of likely N-dealkylation sites (tertiary alicyclic amines) is 2. The minimum atomic E-state index is -0.303. The zero-order valence-electron chi connectivity index (χ0n) is 15.5. The number of rotatable bonds is 5. The van der Waals surface area contributed by atoms with Crippen LogP contribution in [0.4, 0.5) is 0 Å².